The third-order valence-electron chi connectivity index (χ3n) is 3.71. The average molecular weight is 260 g/mol. The fourth-order valence-electron chi connectivity index (χ4n) is 2.51. The molecule has 0 aliphatic heterocycles. The zero-order chi connectivity index (χ0) is 13.9. The Morgan fingerprint density at radius 2 is 1.55 bits per heavy atom. The number of hydrogen-bond donors (Lipinski definition) is 0. The van der Waals surface area contributed by atoms with Crippen LogP contribution in [0.3, 0.4) is 0 Å². The molecule has 0 N–H and O–H groups in total. The minimum Gasteiger partial charge on any atom is -0.195 e. The number of aromatic nitrogens is 1. The highest BCUT2D eigenvalue weighted by Crippen LogP contribution is 2.17. The molecule has 0 saturated carbocycles. The van der Waals surface area contributed by atoms with E-state index in [1.807, 2.05) is 6.07 Å². The van der Waals surface area contributed by atoms with Gasteiger partial charge in [0, 0.05) is 23.6 Å². The first-order chi connectivity index (χ1) is 9.75. The number of rotatable bonds is 2. The Balaban J connectivity index is 2.09. The van der Waals surface area contributed by atoms with E-state index >= 15 is 0 Å². The lowest BCUT2D eigenvalue weighted by atomic mass is 10.1. The predicted octanol–water partition coefficient (Wildman–Crippen LogP) is 4.22. The van der Waals surface area contributed by atoms with Crippen molar-refractivity contribution in [1.82, 2.24) is 0 Å². The summed E-state index contributed by atoms with van der Waals surface area (Å²) in [5.41, 5.74) is 5.00. The molecule has 0 fully saturated rings. The minimum atomic E-state index is 1.21. The number of allylic oxidation sites excluding steroid dienone is 1. The monoisotopic (exact) mass is 260 g/mol. The van der Waals surface area contributed by atoms with E-state index in [-0.39, 0.29) is 0 Å². The maximum atomic E-state index is 2.24. The van der Waals surface area contributed by atoms with E-state index in [2.05, 4.69) is 85.3 Å². The molecule has 3 aromatic rings. The van der Waals surface area contributed by atoms with Crippen molar-refractivity contribution in [1.29, 1.82) is 0 Å². The molecule has 1 aromatic heterocycles. The van der Waals surface area contributed by atoms with Crippen LogP contribution in [0.2, 0.25) is 0 Å². The Labute approximate surface area is 119 Å². The molecule has 98 valence electrons. The maximum absolute atomic E-state index is 2.24. The van der Waals surface area contributed by atoms with Crippen LogP contribution in [0.15, 0.2) is 66.7 Å². The van der Waals surface area contributed by atoms with E-state index in [9.17, 15) is 0 Å². The quantitative estimate of drug-likeness (QED) is 0.607. The third kappa shape index (κ3) is 2.35. The van der Waals surface area contributed by atoms with Crippen molar-refractivity contribution < 1.29 is 4.57 Å². The smallest absolute Gasteiger partial charge is 0.195 e. The molecule has 0 saturated heterocycles. The van der Waals surface area contributed by atoms with Gasteiger partial charge in [-0.1, -0.05) is 42.5 Å². The van der Waals surface area contributed by atoms with E-state index in [1.165, 1.54) is 27.7 Å². The standard InChI is InChI=1S/C19H18N/c1-15(16-8-4-3-5-9-16)14-18-13-12-17-10-6-7-11-19(17)20(18)2/h3-14H,1-2H3/q+1. The Morgan fingerprint density at radius 1 is 0.850 bits per heavy atom. The molecule has 0 unspecified atom stereocenters. The summed E-state index contributed by atoms with van der Waals surface area (Å²) in [4.78, 5) is 0. The molecule has 1 nitrogen and oxygen atoms in total. The number of fused-ring (bicyclic) bond motifs is 1. The molecular weight excluding hydrogens is 242 g/mol. The number of para-hydroxylation sites is 1. The van der Waals surface area contributed by atoms with Gasteiger partial charge in [-0.05, 0) is 30.2 Å². The van der Waals surface area contributed by atoms with Crippen molar-refractivity contribution in [2.24, 2.45) is 7.05 Å². The largest absolute Gasteiger partial charge is 0.212 e. The van der Waals surface area contributed by atoms with Crippen LogP contribution in [-0.2, 0) is 7.05 Å². The minimum absolute atomic E-state index is 1.21. The first kappa shape index (κ1) is 12.6. The van der Waals surface area contributed by atoms with E-state index in [4.69, 9.17) is 0 Å². The van der Waals surface area contributed by atoms with Crippen molar-refractivity contribution in [3.63, 3.8) is 0 Å². The molecule has 3 rings (SSSR count). The molecule has 0 atom stereocenters. The van der Waals surface area contributed by atoms with E-state index in [0.29, 0.717) is 0 Å². The van der Waals surface area contributed by atoms with Gasteiger partial charge in [0.05, 0.1) is 0 Å². The van der Waals surface area contributed by atoms with Gasteiger partial charge in [-0.3, -0.25) is 0 Å². The van der Waals surface area contributed by atoms with Crippen LogP contribution in [0.1, 0.15) is 18.2 Å². The summed E-state index contributed by atoms with van der Waals surface area (Å²) >= 11 is 0. The zero-order valence-electron chi connectivity index (χ0n) is 11.9. The molecule has 0 aliphatic rings. The molecule has 0 aliphatic carbocycles. The number of nitrogens with zero attached hydrogens (tertiary/aromatic N) is 1. The molecule has 0 amide bonds. The van der Waals surface area contributed by atoms with Gasteiger partial charge < -0.3 is 0 Å². The van der Waals surface area contributed by atoms with Gasteiger partial charge in [0.15, 0.2) is 0 Å². The molecule has 0 radical (unpaired) electrons. The van der Waals surface area contributed by atoms with Crippen LogP contribution in [0, 0.1) is 0 Å². The second kappa shape index (κ2) is 5.30. The van der Waals surface area contributed by atoms with Crippen molar-refractivity contribution in [3.05, 3.63) is 78.0 Å². The van der Waals surface area contributed by atoms with Crippen LogP contribution in [0.25, 0.3) is 22.6 Å². The molecular formula is C19H18N+. The van der Waals surface area contributed by atoms with Gasteiger partial charge in [0.2, 0.25) is 11.2 Å². The Bertz CT molecular complexity index is 770. The van der Waals surface area contributed by atoms with Crippen molar-refractivity contribution >= 4 is 22.6 Å². The first-order valence-electron chi connectivity index (χ1n) is 6.87. The van der Waals surface area contributed by atoms with E-state index < -0.39 is 0 Å². The van der Waals surface area contributed by atoms with E-state index in [1.54, 1.807) is 0 Å². The summed E-state index contributed by atoms with van der Waals surface area (Å²) < 4.78 is 2.24. The lowest BCUT2D eigenvalue weighted by Gasteiger charge is -2.03. The SMILES string of the molecule is CC(=Cc1ccc2ccccc2[n+]1C)c1ccccc1. The molecule has 2 aromatic carbocycles. The Hall–Kier alpha value is -2.41. The Morgan fingerprint density at radius 3 is 2.35 bits per heavy atom. The molecule has 0 spiro atoms. The summed E-state index contributed by atoms with van der Waals surface area (Å²) in [6.07, 6.45) is 2.24. The normalized spacial score (nSPS) is 11.8. The van der Waals surface area contributed by atoms with Gasteiger partial charge in [-0.25, -0.2) is 0 Å². The summed E-state index contributed by atoms with van der Waals surface area (Å²) in [5, 5.41) is 1.27. The lowest BCUT2D eigenvalue weighted by molar-refractivity contribution is -0.646. The zero-order valence-corrected chi connectivity index (χ0v) is 11.9. The van der Waals surface area contributed by atoms with E-state index in [0.717, 1.165) is 0 Å². The summed E-state index contributed by atoms with van der Waals surface area (Å²) in [5.74, 6) is 0. The number of pyridine rings is 1. The number of hydrogen-bond acceptors (Lipinski definition) is 0. The fraction of sp³-hybridized carbons (Fsp3) is 0.105. The highest BCUT2D eigenvalue weighted by atomic mass is 14.9. The lowest BCUT2D eigenvalue weighted by Crippen LogP contribution is -2.32. The van der Waals surface area contributed by atoms with Crippen LogP contribution in [-0.4, -0.2) is 0 Å². The van der Waals surface area contributed by atoms with Gasteiger partial charge in [0.1, 0.15) is 7.05 Å². The van der Waals surface area contributed by atoms with Gasteiger partial charge in [-0.15, -0.1) is 0 Å². The third-order valence-corrected chi connectivity index (χ3v) is 3.71. The van der Waals surface area contributed by atoms with Crippen LogP contribution in [0.5, 0.6) is 0 Å². The van der Waals surface area contributed by atoms with Crippen LogP contribution in [0.4, 0.5) is 0 Å². The first-order valence-corrected chi connectivity index (χ1v) is 6.87. The second-order valence-electron chi connectivity index (χ2n) is 5.07. The molecule has 20 heavy (non-hydrogen) atoms. The summed E-state index contributed by atoms with van der Waals surface area (Å²) in [7, 11) is 2.12. The van der Waals surface area contributed by atoms with Crippen LogP contribution >= 0.6 is 0 Å². The predicted molar refractivity (Wildman–Crippen MR) is 85.1 cm³/mol. The van der Waals surface area contributed by atoms with Gasteiger partial charge >= 0.3 is 0 Å². The molecule has 0 bridgehead atoms. The number of benzene rings is 2. The number of aryl methyl sites for hydroxylation is 1. The highest BCUT2D eigenvalue weighted by Gasteiger charge is 2.09. The topological polar surface area (TPSA) is 3.88 Å². The summed E-state index contributed by atoms with van der Waals surface area (Å²) in [6.45, 7) is 2.16. The van der Waals surface area contributed by atoms with Gasteiger partial charge in [0.25, 0.3) is 0 Å². The second-order valence-corrected chi connectivity index (χ2v) is 5.07. The van der Waals surface area contributed by atoms with Crippen molar-refractivity contribution in [2.45, 2.75) is 6.92 Å². The molecule has 1 heterocycles. The highest BCUT2D eigenvalue weighted by molar-refractivity contribution is 5.81. The van der Waals surface area contributed by atoms with Gasteiger partial charge in [-0.2, -0.15) is 4.57 Å². The van der Waals surface area contributed by atoms with Crippen molar-refractivity contribution in [3.8, 4) is 0 Å². The van der Waals surface area contributed by atoms with Crippen molar-refractivity contribution in [2.75, 3.05) is 0 Å². The average Bonchev–Trinajstić information content (AvgIpc) is 2.51. The summed E-state index contributed by atoms with van der Waals surface area (Å²) in [6, 6.07) is 23.3. The maximum Gasteiger partial charge on any atom is 0.212 e. The molecule has 1 heteroatoms. The van der Waals surface area contributed by atoms with Crippen LogP contribution < -0.4 is 4.57 Å². The Kier molecular flexibility index (Phi) is 3.34. The fourth-order valence-corrected chi connectivity index (χ4v) is 2.51.